The van der Waals surface area contributed by atoms with Crippen LogP contribution in [0.5, 0.6) is 0 Å². The molecule has 5 heteroatoms. The average Bonchev–Trinajstić information content (AvgIpc) is 3.64. The summed E-state index contributed by atoms with van der Waals surface area (Å²) in [5, 5.41) is 9.74. The van der Waals surface area contributed by atoms with Gasteiger partial charge in [-0.05, 0) is 64.2 Å². The van der Waals surface area contributed by atoms with Crippen molar-refractivity contribution in [1.29, 1.82) is 0 Å². The lowest BCUT2D eigenvalue weighted by atomic mass is 10.0. The zero-order chi connectivity index (χ0) is 66.1. The molecule has 0 radical (unpaired) electrons. The molecule has 0 aliphatic carbocycles. The molecule has 1 unspecified atom stereocenters. The molecule has 0 fully saturated rings. The van der Waals surface area contributed by atoms with Gasteiger partial charge in [-0.2, -0.15) is 0 Å². The van der Waals surface area contributed by atoms with Crippen LogP contribution in [0.25, 0.3) is 0 Å². The van der Waals surface area contributed by atoms with E-state index >= 15 is 0 Å². The predicted molar refractivity (Wildman–Crippen MR) is 408 cm³/mol. The first-order chi connectivity index (χ1) is 45.6. The van der Waals surface area contributed by atoms with Crippen LogP contribution < -0.4 is 0 Å². The largest absolute Gasteiger partial charge is 0.462 e. The molecule has 0 aliphatic heterocycles. The fourth-order valence-electron chi connectivity index (χ4n) is 13.8. The molecule has 0 aliphatic rings. The van der Waals surface area contributed by atoms with Crippen LogP contribution in [0.1, 0.15) is 502 Å². The number of hydrogen-bond acceptors (Lipinski definition) is 5. The number of allylic oxidation sites excluding steroid dienone is 4. The van der Waals surface area contributed by atoms with E-state index in [9.17, 15) is 14.7 Å². The van der Waals surface area contributed by atoms with Crippen molar-refractivity contribution in [2.75, 3.05) is 13.2 Å². The summed E-state index contributed by atoms with van der Waals surface area (Å²) < 4.78 is 10.8. The van der Waals surface area contributed by atoms with Crippen LogP contribution in [0.3, 0.4) is 0 Å². The minimum absolute atomic E-state index is 0.0568. The summed E-state index contributed by atoms with van der Waals surface area (Å²) in [6, 6.07) is 0. The number of hydrogen-bond donors (Lipinski definition) is 1. The van der Waals surface area contributed by atoms with E-state index in [1.165, 1.54) is 443 Å². The molecule has 0 amide bonds. The second-order valence-electron chi connectivity index (χ2n) is 29.6. The molecule has 0 saturated heterocycles. The lowest BCUT2D eigenvalue weighted by Crippen LogP contribution is -2.28. The highest BCUT2D eigenvalue weighted by atomic mass is 16.6. The fraction of sp³-hybridized carbons (Fsp3) is 0.931. The normalized spacial score (nSPS) is 12.2. The maximum atomic E-state index is 12.4. The van der Waals surface area contributed by atoms with Gasteiger partial charge in [0.1, 0.15) is 6.61 Å². The van der Waals surface area contributed by atoms with Gasteiger partial charge in [0.15, 0.2) is 6.10 Å². The van der Waals surface area contributed by atoms with E-state index in [0.717, 1.165) is 32.1 Å². The summed E-state index contributed by atoms with van der Waals surface area (Å²) >= 11 is 0. The van der Waals surface area contributed by atoms with Gasteiger partial charge in [0.25, 0.3) is 0 Å². The number of carbonyl (C=O) groups is 2. The number of carbonyl (C=O) groups excluding carboxylic acids is 2. The number of aliphatic hydroxyl groups is 1. The third-order valence-electron chi connectivity index (χ3n) is 20.2. The lowest BCUT2D eigenvalue weighted by molar-refractivity contribution is -0.161. The van der Waals surface area contributed by atoms with Gasteiger partial charge in [0.2, 0.25) is 0 Å². The minimum Gasteiger partial charge on any atom is -0.462 e. The molecule has 0 aromatic heterocycles. The van der Waals surface area contributed by atoms with E-state index in [2.05, 4.69) is 38.2 Å². The Kier molecular flexibility index (Phi) is 82.1. The molecule has 1 N–H and O–H groups in total. The number of ether oxygens (including phenoxy) is 2. The third kappa shape index (κ3) is 80.8. The summed E-state index contributed by atoms with van der Waals surface area (Å²) in [6.45, 7) is 4.22. The van der Waals surface area contributed by atoms with Crippen LogP contribution in [0.4, 0.5) is 0 Å². The van der Waals surface area contributed by atoms with Crippen LogP contribution in [0.15, 0.2) is 24.3 Å². The Morgan fingerprint density at radius 2 is 0.402 bits per heavy atom. The zero-order valence-electron chi connectivity index (χ0n) is 63.1. The van der Waals surface area contributed by atoms with E-state index < -0.39 is 6.10 Å². The van der Waals surface area contributed by atoms with Gasteiger partial charge in [-0.25, -0.2) is 0 Å². The van der Waals surface area contributed by atoms with Crippen LogP contribution in [-0.2, 0) is 19.1 Å². The summed E-state index contributed by atoms with van der Waals surface area (Å²) in [5.41, 5.74) is 0. The van der Waals surface area contributed by atoms with Crippen LogP contribution in [-0.4, -0.2) is 36.4 Å². The third-order valence-corrected chi connectivity index (χ3v) is 20.2. The molecule has 92 heavy (non-hydrogen) atoms. The number of rotatable bonds is 82. The molecule has 0 aromatic rings. The second kappa shape index (κ2) is 83.6. The number of esters is 2. The molecule has 546 valence electrons. The smallest absolute Gasteiger partial charge is 0.306 e. The Morgan fingerprint density at radius 1 is 0.239 bits per heavy atom. The molecular weight excluding hydrogens is 1120 g/mol. The van der Waals surface area contributed by atoms with E-state index in [4.69, 9.17) is 9.47 Å². The predicted octanol–water partition coefficient (Wildman–Crippen LogP) is 30.2. The monoisotopic (exact) mass is 1290 g/mol. The minimum atomic E-state index is -0.769. The van der Waals surface area contributed by atoms with E-state index in [1.54, 1.807) is 0 Å². The van der Waals surface area contributed by atoms with E-state index in [1.807, 2.05) is 0 Å². The topological polar surface area (TPSA) is 72.8 Å². The summed E-state index contributed by atoms with van der Waals surface area (Å²) in [5.74, 6) is -0.557. The molecular formula is C87H168O5. The van der Waals surface area contributed by atoms with Gasteiger partial charge in [-0.15, -0.1) is 0 Å². The number of unbranched alkanes of at least 4 members (excludes halogenated alkanes) is 70. The maximum absolute atomic E-state index is 12.4. The fourth-order valence-corrected chi connectivity index (χ4v) is 13.8. The lowest BCUT2D eigenvalue weighted by Gasteiger charge is -2.15. The van der Waals surface area contributed by atoms with Crippen molar-refractivity contribution in [3.63, 3.8) is 0 Å². The maximum Gasteiger partial charge on any atom is 0.306 e. The summed E-state index contributed by atoms with van der Waals surface area (Å²) in [6.07, 6.45) is 112. The Labute approximate surface area is 578 Å². The summed E-state index contributed by atoms with van der Waals surface area (Å²) in [4.78, 5) is 24.7. The molecule has 0 rings (SSSR count). The Bertz CT molecular complexity index is 1420. The van der Waals surface area contributed by atoms with Gasteiger partial charge < -0.3 is 14.6 Å². The second-order valence-corrected chi connectivity index (χ2v) is 29.6. The van der Waals surface area contributed by atoms with Gasteiger partial charge in [0, 0.05) is 12.8 Å². The molecule has 0 bridgehead atoms. The van der Waals surface area contributed by atoms with Crippen LogP contribution in [0.2, 0.25) is 0 Å². The molecule has 5 nitrogen and oxygen atoms in total. The van der Waals surface area contributed by atoms with Gasteiger partial charge in [-0.1, -0.05) is 449 Å². The SMILES string of the molecule is CCCCCCCCCC/C=C\CCCCCCCCCCCCCCCCCCCCCCCCCCCCCCCC(=O)OC(CO)COC(=O)CCCCCCCCCCCCCCCCCCCCCCCCCCC/C=C\CCCCCCCCCC. The number of aliphatic hydroxyl groups excluding tert-OH is 1. The van der Waals surface area contributed by atoms with Crippen molar-refractivity contribution < 1.29 is 24.2 Å². The highest BCUT2D eigenvalue weighted by Gasteiger charge is 2.16. The molecule has 0 spiro atoms. The molecule has 0 heterocycles. The average molecular weight is 1290 g/mol. The standard InChI is InChI=1S/C87H168O5/c1-3-5-7-9-11-13-15-17-19-21-23-25-27-29-31-33-35-37-39-41-42-43-44-46-48-50-52-54-56-58-60-62-64-66-68-70-72-74-76-78-80-82-87(90)92-85(83-88)84-91-86(89)81-79-77-75-73-71-69-67-65-63-61-59-57-55-53-51-49-47-45-40-38-36-34-32-30-28-26-24-22-20-18-16-14-12-10-8-6-4-2/h21-24,85,88H,3-20,25-84H2,1-2H3/b23-21-,24-22-. The van der Waals surface area contributed by atoms with Gasteiger partial charge in [-0.3, -0.25) is 9.59 Å². The highest BCUT2D eigenvalue weighted by molar-refractivity contribution is 5.70. The van der Waals surface area contributed by atoms with Gasteiger partial charge >= 0.3 is 11.9 Å². The molecule has 0 saturated carbocycles. The first-order valence-corrected chi connectivity index (χ1v) is 42.9. The van der Waals surface area contributed by atoms with Crippen molar-refractivity contribution in [2.24, 2.45) is 0 Å². The Balaban J connectivity index is 3.33. The Hall–Kier alpha value is -1.62. The van der Waals surface area contributed by atoms with Crippen molar-refractivity contribution in [3.05, 3.63) is 24.3 Å². The van der Waals surface area contributed by atoms with E-state index in [0.29, 0.717) is 12.8 Å². The molecule has 0 aromatic carbocycles. The highest BCUT2D eigenvalue weighted by Crippen LogP contribution is 2.21. The zero-order valence-corrected chi connectivity index (χ0v) is 63.1. The van der Waals surface area contributed by atoms with Crippen molar-refractivity contribution >= 4 is 11.9 Å². The summed E-state index contributed by atoms with van der Waals surface area (Å²) in [7, 11) is 0. The first kappa shape index (κ1) is 90.4. The Morgan fingerprint density at radius 3 is 0.587 bits per heavy atom. The van der Waals surface area contributed by atoms with Crippen molar-refractivity contribution in [3.8, 4) is 0 Å². The first-order valence-electron chi connectivity index (χ1n) is 42.9. The van der Waals surface area contributed by atoms with Crippen molar-refractivity contribution in [2.45, 2.75) is 508 Å². The molecule has 1 atom stereocenters. The van der Waals surface area contributed by atoms with E-state index in [-0.39, 0.29) is 25.2 Å². The van der Waals surface area contributed by atoms with Crippen LogP contribution >= 0.6 is 0 Å². The quantitative estimate of drug-likeness (QED) is 0.0373. The van der Waals surface area contributed by atoms with Crippen LogP contribution in [0, 0.1) is 0 Å². The van der Waals surface area contributed by atoms with Crippen molar-refractivity contribution in [1.82, 2.24) is 0 Å². The van der Waals surface area contributed by atoms with Gasteiger partial charge in [0.05, 0.1) is 6.61 Å².